The first-order valence-corrected chi connectivity index (χ1v) is 4.52. The van der Waals surface area contributed by atoms with E-state index in [-0.39, 0.29) is 0 Å². The van der Waals surface area contributed by atoms with E-state index in [1.165, 1.54) is 12.8 Å². The summed E-state index contributed by atoms with van der Waals surface area (Å²) >= 11 is 0. The monoisotopic (exact) mass is 155 g/mol. The lowest BCUT2D eigenvalue weighted by atomic mass is 9.97. The standard InChI is InChI=1S/C10H21N/c1-5-7-10(11-4)8-9(3)6-2/h5,9-11H,1,6-8H2,2-4H3. The van der Waals surface area contributed by atoms with Crippen molar-refractivity contribution in [1.29, 1.82) is 0 Å². The van der Waals surface area contributed by atoms with E-state index in [0.717, 1.165) is 12.3 Å². The van der Waals surface area contributed by atoms with Gasteiger partial charge in [0.1, 0.15) is 0 Å². The van der Waals surface area contributed by atoms with Crippen LogP contribution in [0.2, 0.25) is 0 Å². The molecule has 0 saturated carbocycles. The molecule has 0 aliphatic carbocycles. The maximum Gasteiger partial charge on any atom is 0.0101 e. The Morgan fingerprint density at radius 2 is 2.18 bits per heavy atom. The fraction of sp³-hybridized carbons (Fsp3) is 0.800. The molecule has 0 aliphatic rings. The van der Waals surface area contributed by atoms with E-state index in [9.17, 15) is 0 Å². The molecule has 11 heavy (non-hydrogen) atoms. The molecule has 0 aromatic heterocycles. The van der Waals surface area contributed by atoms with E-state index in [1.54, 1.807) is 0 Å². The van der Waals surface area contributed by atoms with Crippen LogP contribution >= 0.6 is 0 Å². The van der Waals surface area contributed by atoms with Crippen molar-refractivity contribution < 1.29 is 0 Å². The molecule has 2 atom stereocenters. The minimum Gasteiger partial charge on any atom is -0.317 e. The number of hydrogen-bond acceptors (Lipinski definition) is 1. The highest BCUT2D eigenvalue weighted by molar-refractivity contribution is 4.78. The molecule has 0 aliphatic heterocycles. The summed E-state index contributed by atoms with van der Waals surface area (Å²) in [5, 5.41) is 3.30. The second-order valence-electron chi connectivity index (χ2n) is 3.26. The summed E-state index contributed by atoms with van der Waals surface area (Å²) in [7, 11) is 2.02. The summed E-state index contributed by atoms with van der Waals surface area (Å²) in [5.74, 6) is 0.826. The van der Waals surface area contributed by atoms with Gasteiger partial charge in [-0.15, -0.1) is 6.58 Å². The smallest absolute Gasteiger partial charge is 0.0101 e. The molecule has 2 unspecified atom stereocenters. The van der Waals surface area contributed by atoms with Gasteiger partial charge >= 0.3 is 0 Å². The highest BCUT2D eigenvalue weighted by Crippen LogP contribution is 2.11. The fourth-order valence-corrected chi connectivity index (χ4v) is 1.19. The van der Waals surface area contributed by atoms with Gasteiger partial charge < -0.3 is 5.32 Å². The van der Waals surface area contributed by atoms with Crippen molar-refractivity contribution in [2.75, 3.05) is 7.05 Å². The number of rotatable bonds is 6. The largest absolute Gasteiger partial charge is 0.317 e. The summed E-state index contributed by atoms with van der Waals surface area (Å²) in [6.45, 7) is 8.28. The molecule has 0 rings (SSSR count). The summed E-state index contributed by atoms with van der Waals surface area (Å²) in [6.07, 6.45) is 5.61. The predicted molar refractivity (Wildman–Crippen MR) is 51.7 cm³/mol. The highest BCUT2D eigenvalue weighted by atomic mass is 14.9. The minimum atomic E-state index is 0.627. The van der Waals surface area contributed by atoms with Gasteiger partial charge in [0.2, 0.25) is 0 Å². The Labute approximate surface area is 70.9 Å². The predicted octanol–water partition coefficient (Wildman–Crippen LogP) is 2.59. The zero-order valence-corrected chi connectivity index (χ0v) is 8.06. The molecule has 0 bridgehead atoms. The van der Waals surface area contributed by atoms with E-state index < -0.39 is 0 Å². The molecule has 0 radical (unpaired) electrons. The van der Waals surface area contributed by atoms with Crippen LogP contribution in [0, 0.1) is 5.92 Å². The quantitative estimate of drug-likeness (QED) is 0.581. The van der Waals surface area contributed by atoms with Gasteiger partial charge in [0.05, 0.1) is 0 Å². The minimum absolute atomic E-state index is 0.627. The molecule has 66 valence electrons. The van der Waals surface area contributed by atoms with Crippen LogP contribution in [0.15, 0.2) is 12.7 Å². The molecule has 1 nitrogen and oxygen atoms in total. The molecule has 0 amide bonds. The van der Waals surface area contributed by atoms with Crippen molar-refractivity contribution in [1.82, 2.24) is 5.32 Å². The maximum absolute atomic E-state index is 3.74. The number of nitrogens with one attached hydrogen (secondary N) is 1. The molecule has 0 fully saturated rings. The van der Waals surface area contributed by atoms with E-state index in [2.05, 4.69) is 25.7 Å². The second kappa shape index (κ2) is 6.41. The summed E-state index contributed by atoms with van der Waals surface area (Å²) < 4.78 is 0. The van der Waals surface area contributed by atoms with Gasteiger partial charge in [-0.25, -0.2) is 0 Å². The van der Waals surface area contributed by atoms with Crippen LogP contribution < -0.4 is 5.32 Å². The van der Waals surface area contributed by atoms with Crippen molar-refractivity contribution in [2.45, 2.75) is 39.2 Å². The van der Waals surface area contributed by atoms with E-state index in [4.69, 9.17) is 0 Å². The third-order valence-corrected chi connectivity index (χ3v) is 2.24. The molecular formula is C10H21N. The number of hydrogen-bond donors (Lipinski definition) is 1. The lowest BCUT2D eigenvalue weighted by Crippen LogP contribution is -2.26. The zero-order valence-electron chi connectivity index (χ0n) is 8.06. The fourth-order valence-electron chi connectivity index (χ4n) is 1.19. The van der Waals surface area contributed by atoms with Crippen LogP contribution in [0.3, 0.4) is 0 Å². The molecule has 0 aromatic carbocycles. The third-order valence-electron chi connectivity index (χ3n) is 2.24. The first-order chi connectivity index (χ1) is 5.24. The summed E-state index contributed by atoms with van der Waals surface area (Å²) in [4.78, 5) is 0. The van der Waals surface area contributed by atoms with E-state index in [0.29, 0.717) is 6.04 Å². The van der Waals surface area contributed by atoms with Gasteiger partial charge in [-0.1, -0.05) is 26.3 Å². The SMILES string of the molecule is C=CCC(CC(C)CC)NC. The van der Waals surface area contributed by atoms with Crippen LogP contribution in [0.4, 0.5) is 0 Å². The Hall–Kier alpha value is -0.300. The van der Waals surface area contributed by atoms with Crippen LogP contribution in [-0.4, -0.2) is 13.1 Å². The van der Waals surface area contributed by atoms with Crippen LogP contribution in [0.25, 0.3) is 0 Å². The van der Waals surface area contributed by atoms with Crippen molar-refractivity contribution in [3.05, 3.63) is 12.7 Å². The summed E-state index contributed by atoms with van der Waals surface area (Å²) in [5.41, 5.74) is 0. The van der Waals surface area contributed by atoms with Crippen molar-refractivity contribution in [3.8, 4) is 0 Å². The van der Waals surface area contributed by atoms with Crippen LogP contribution in [-0.2, 0) is 0 Å². The van der Waals surface area contributed by atoms with Gasteiger partial charge in [-0.2, -0.15) is 0 Å². The van der Waals surface area contributed by atoms with Gasteiger partial charge in [0.25, 0.3) is 0 Å². The normalized spacial score (nSPS) is 15.9. The van der Waals surface area contributed by atoms with Crippen molar-refractivity contribution in [2.24, 2.45) is 5.92 Å². The molecule has 1 N–H and O–H groups in total. The average molecular weight is 155 g/mol. The van der Waals surface area contributed by atoms with Crippen molar-refractivity contribution >= 4 is 0 Å². The highest BCUT2D eigenvalue weighted by Gasteiger charge is 2.07. The Bertz CT molecular complexity index is 99.0. The second-order valence-corrected chi connectivity index (χ2v) is 3.26. The van der Waals surface area contributed by atoms with Crippen LogP contribution in [0.5, 0.6) is 0 Å². The van der Waals surface area contributed by atoms with Gasteiger partial charge in [-0.3, -0.25) is 0 Å². The van der Waals surface area contributed by atoms with Gasteiger partial charge in [0.15, 0.2) is 0 Å². The Kier molecular flexibility index (Phi) is 6.24. The van der Waals surface area contributed by atoms with Gasteiger partial charge in [0, 0.05) is 6.04 Å². The van der Waals surface area contributed by atoms with E-state index >= 15 is 0 Å². The van der Waals surface area contributed by atoms with Gasteiger partial charge in [-0.05, 0) is 25.8 Å². The lowest BCUT2D eigenvalue weighted by Gasteiger charge is -2.17. The average Bonchev–Trinajstić information content (AvgIpc) is 2.03. The van der Waals surface area contributed by atoms with Crippen molar-refractivity contribution in [3.63, 3.8) is 0 Å². The molecule has 0 aromatic rings. The van der Waals surface area contributed by atoms with E-state index in [1.807, 2.05) is 13.1 Å². The lowest BCUT2D eigenvalue weighted by molar-refractivity contribution is 0.414. The topological polar surface area (TPSA) is 12.0 Å². The molecule has 0 spiro atoms. The molecule has 1 heteroatoms. The molecule has 0 saturated heterocycles. The summed E-state index contributed by atoms with van der Waals surface area (Å²) in [6, 6.07) is 0.627. The zero-order chi connectivity index (χ0) is 8.69. The Morgan fingerprint density at radius 1 is 1.55 bits per heavy atom. The Balaban J connectivity index is 3.57. The Morgan fingerprint density at radius 3 is 2.55 bits per heavy atom. The maximum atomic E-state index is 3.74. The molecular weight excluding hydrogens is 134 g/mol. The first kappa shape index (κ1) is 10.7. The molecule has 0 heterocycles. The van der Waals surface area contributed by atoms with Crippen LogP contribution in [0.1, 0.15) is 33.1 Å². The first-order valence-electron chi connectivity index (χ1n) is 4.52. The third kappa shape index (κ3) is 5.02.